The molecule has 0 atom stereocenters. The molecule has 0 aliphatic heterocycles. The summed E-state index contributed by atoms with van der Waals surface area (Å²) in [7, 11) is 0. The molecule has 0 fully saturated rings. The van der Waals surface area contributed by atoms with E-state index in [9.17, 15) is 4.79 Å². The Balaban J connectivity index is 1.23. The lowest BCUT2D eigenvalue weighted by molar-refractivity contribution is -0.121. The summed E-state index contributed by atoms with van der Waals surface area (Å²) in [5.41, 5.74) is 2.85. The molecule has 0 spiro atoms. The fourth-order valence-electron chi connectivity index (χ4n) is 3.03. The lowest BCUT2D eigenvalue weighted by Crippen LogP contribution is -2.25. The molecule has 0 saturated carbocycles. The van der Waals surface area contributed by atoms with E-state index in [2.05, 4.69) is 20.5 Å². The lowest BCUT2D eigenvalue weighted by Gasteiger charge is -2.06. The Bertz CT molecular complexity index is 1030. The van der Waals surface area contributed by atoms with Crippen LogP contribution in [0.5, 0.6) is 0 Å². The van der Waals surface area contributed by atoms with Crippen molar-refractivity contribution in [2.75, 3.05) is 6.54 Å². The molecule has 0 aliphatic rings. The van der Waals surface area contributed by atoms with Gasteiger partial charge in [-0.25, -0.2) is 4.98 Å². The van der Waals surface area contributed by atoms with E-state index in [-0.39, 0.29) is 5.91 Å². The van der Waals surface area contributed by atoms with E-state index in [1.165, 1.54) is 0 Å². The van der Waals surface area contributed by atoms with Gasteiger partial charge in [-0.05, 0) is 30.7 Å². The fourth-order valence-corrected chi connectivity index (χ4v) is 3.03. The van der Waals surface area contributed by atoms with Gasteiger partial charge in [0.15, 0.2) is 5.65 Å². The first kappa shape index (κ1) is 16.3. The van der Waals surface area contributed by atoms with Crippen molar-refractivity contribution in [2.45, 2.75) is 25.8 Å². The van der Waals surface area contributed by atoms with Crippen LogP contribution in [0.25, 0.3) is 16.7 Å². The van der Waals surface area contributed by atoms with Crippen molar-refractivity contribution in [3.8, 4) is 0 Å². The van der Waals surface area contributed by atoms with Gasteiger partial charge in [0.2, 0.25) is 5.91 Å². The Kier molecular flexibility index (Phi) is 4.59. The number of para-hydroxylation sites is 2. The third kappa shape index (κ3) is 3.42. The zero-order valence-electron chi connectivity index (χ0n) is 14.4. The van der Waals surface area contributed by atoms with Gasteiger partial charge < -0.3 is 9.88 Å². The van der Waals surface area contributed by atoms with Crippen LogP contribution in [0, 0.1) is 0 Å². The van der Waals surface area contributed by atoms with Crippen LogP contribution in [0.4, 0.5) is 0 Å². The average molecular weight is 348 g/mol. The number of hydrogen-bond acceptors (Lipinski definition) is 4. The summed E-state index contributed by atoms with van der Waals surface area (Å²) < 4.78 is 3.99. The molecule has 0 radical (unpaired) electrons. The van der Waals surface area contributed by atoms with Crippen LogP contribution < -0.4 is 5.32 Å². The van der Waals surface area contributed by atoms with E-state index >= 15 is 0 Å². The summed E-state index contributed by atoms with van der Waals surface area (Å²) in [4.78, 5) is 16.4. The van der Waals surface area contributed by atoms with E-state index in [4.69, 9.17) is 0 Å². The van der Waals surface area contributed by atoms with Gasteiger partial charge in [-0.1, -0.05) is 18.2 Å². The van der Waals surface area contributed by atoms with Crippen LogP contribution in [0.1, 0.15) is 18.7 Å². The van der Waals surface area contributed by atoms with Crippen LogP contribution in [0.2, 0.25) is 0 Å². The number of carbonyl (C=O) groups excluding carboxylic acids is 1. The molecule has 0 aliphatic carbocycles. The third-order valence-corrected chi connectivity index (χ3v) is 4.39. The van der Waals surface area contributed by atoms with Crippen molar-refractivity contribution < 1.29 is 4.79 Å². The predicted molar refractivity (Wildman–Crippen MR) is 98.7 cm³/mol. The summed E-state index contributed by atoms with van der Waals surface area (Å²) in [6.45, 7) is 1.26. The van der Waals surface area contributed by atoms with Crippen molar-refractivity contribution in [3.05, 3.63) is 60.8 Å². The van der Waals surface area contributed by atoms with Crippen LogP contribution >= 0.6 is 0 Å². The highest BCUT2D eigenvalue weighted by Crippen LogP contribution is 2.12. The van der Waals surface area contributed by atoms with Crippen LogP contribution in [0.15, 0.2) is 55.0 Å². The molecule has 7 nitrogen and oxygen atoms in total. The minimum Gasteiger partial charge on any atom is -0.356 e. The summed E-state index contributed by atoms with van der Waals surface area (Å²) >= 11 is 0. The first-order valence-electron chi connectivity index (χ1n) is 8.76. The van der Waals surface area contributed by atoms with Crippen molar-refractivity contribution in [1.29, 1.82) is 0 Å². The number of carbonyl (C=O) groups is 1. The number of hydrogen-bond donors (Lipinski definition) is 1. The molecule has 1 amide bonds. The zero-order chi connectivity index (χ0) is 17.8. The molecule has 1 aromatic carbocycles. The lowest BCUT2D eigenvalue weighted by atomic mass is 10.3. The van der Waals surface area contributed by atoms with Crippen molar-refractivity contribution in [1.82, 2.24) is 29.5 Å². The van der Waals surface area contributed by atoms with Gasteiger partial charge in [-0.3, -0.25) is 9.20 Å². The van der Waals surface area contributed by atoms with Crippen LogP contribution in [-0.4, -0.2) is 36.6 Å². The number of nitrogens with zero attached hydrogens (tertiary/aromatic N) is 5. The molecular formula is C19H20N6O. The van der Waals surface area contributed by atoms with Gasteiger partial charge in [-0.15, -0.1) is 10.2 Å². The van der Waals surface area contributed by atoms with Gasteiger partial charge in [0.1, 0.15) is 5.82 Å². The minimum atomic E-state index is 0.0499. The molecule has 3 heterocycles. The number of nitrogens with one attached hydrogen (secondary N) is 1. The number of imidazole rings is 1. The average Bonchev–Trinajstić information content (AvgIpc) is 3.28. The van der Waals surface area contributed by atoms with Gasteiger partial charge in [-0.2, -0.15) is 0 Å². The van der Waals surface area contributed by atoms with Crippen molar-refractivity contribution in [3.63, 3.8) is 0 Å². The summed E-state index contributed by atoms with van der Waals surface area (Å²) in [5, 5.41) is 11.3. The molecule has 4 rings (SSSR count). The Morgan fingerprint density at radius 3 is 2.92 bits per heavy atom. The van der Waals surface area contributed by atoms with Crippen molar-refractivity contribution >= 4 is 22.6 Å². The second-order valence-corrected chi connectivity index (χ2v) is 6.18. The Labute approximate surface area is 150 Å². The molecule has 0 saturated heterocycles. The molecule has 26 heavy (non-hydrogen) atoms. The number of aromatic nitrogens is 5. The fraction of sp³-hybridized carbons (Fsp3) is 0.263. The number of pyridine rings is 1. The molecule has 4 aromatic rings. The number of amides is 1. The molecular weight excluding hydrogens is 328 g/mol. The second-order valence-electron chi connectivity index (χ2n) is 6.18. The summed E-state index contributed by atoms with van der Waals surface area (Å²) in [6.07, 6.45) is 5.79. The normalized spacial score (nSPS) is 11.2. The first-order chi connectivity index (χ1) is 12.8. The maximum absolute atomic E-state index is 12.1. The monoisotopic (exact) mass is 348 g/mol. The van der Waals surface area contributed by atoms with Gasteiger partial charge in [0.05, 0.1) is 17.4 Å². The maximum atomic E-state index is 12.1. The van der Waals surface area contributed by atoms with Crippen LogP contribution in [-0.2, 0) is 17.8 Å². The van der Waals surface area contributed by atoms with Crippen LogP contribution in [0.3, 0.4) is 0 Å². The van der Waals surface area contributed by atoms with E-state index in [1.807, 2.05) is 57.6 Å². The smallest absolute Gasteiger partial charge is 0.221 e. The number of rotatable bonds is 7. The highest BCUT2D eigenvalue weighted by molar-refractivity contribution is 5.77. The highest BCUT2D eigenvalue weighted by Gasteiger charge is 2.07. The van der Waals surface area contributed by atoms with Gasteiger partial charge in [0.25, 0.3) is 0 Å². The highest BCUT2D eigenvalue weighted by atomic mass is 16.1. The molecule has 3 aromatic heterocycles. The standard InChI is InChI=1S/C19H20N6O/c26-19(10-13-24-14-21-15-6-1-2-7-16(15)24)20-11-5-9-18-23-22-17-8-3-4-12-25(17)18/h1-4,6-8,12,14H,5,9-11,13H2,(H,20,26). The number of fused-ring (bicyclic) bond motifs is 2. The molecule has 0 unspecified atom stereocenters. The van der Waals surface area contributed by atoms with E-state index in [0.29, 0.717) is 19.5 Å². The first-order valence-corrected chi connectivity index (χ1v) is 8.76. The number of aryl methyl sites for hydroxylation is 2. The van der Waals surface area contributed by atoms with E-state index in [0.717, 1.165) is 35.3 Å². The Morgan fingerprint density at radius 2 is 1.96 bits per heavy atom. The van der Waals surface area contributed by atoms with Gasteiger partial charge >= 0.3 is 0 Å². The third-order valence-electron chi connectivity index (χ3n) is 4.39. The predicted octanol–water partition coefficient (Wildman–Crippen LogP) is 2.22. The van der Waals surface area contributed by atoms with Crippen molar-refractivity contribution in [2.24, 2.45) is 0 Å². The molecule has 7 heteroatoms. The van der Waals surface area contributed by atoms with Gasteiger partial charge in [0, 0.05) is 32.1 Å². The topological polar surface area (TPSA) is 77.1 Å². The quantitative estimate of drug-likeness (QED) is 0.520. The molecule has 132 valence electrons. The number of benzene rings is 1. The molecule has 0 bridgehead atoms. The van der Waals surface area contributed by atoms with E-state index in [1.54, 1.807) is 6.33 Å². The van der Waals surface area contributed by atoms with E-state index < -0.39 is 0 Å². The Morgan fingerprint density at radius 1 is 1.08 bits per heavy atom. The zero-order valence-corrected chi connectivity index (χ0v) is 14.4. The minimum absolute atomic E-state index is 0.0499. The summed E-state index contributed by atoms with van der Waals surface area (Å²) in [5.74, 6) is 0.966. The Hall–Kier alpha value is -3.22. The second kappa shape index (κ2) is 7.35. The summed E-state index contributed by atoms with van der Waals surface area (Å²) in [6, 6.07) is 13.8. The SMILES string of the molecule is O=C(CCn1cnc2ccccc21)NCCCc1nnc2ccccn12. The molecule has 1 N–H and O–H groups in total. The maximum Gasteiger partial charge on any atom is 0.221 e. The largest absolute Gasteiger partial charge is 0.356 e.